The van der Waals surface area contributed by atoms with Crippen LogP contribution in [-0.2, 0) is 4.79 Å². The smallest absolute Gasteiger partial charge is 0.224 e. The van der Waals surface area contributed by atoms with E-state index in [1.165, 1.54) is 0 Å². The number of nitrogen functional groups attached to an aromatic ring is 1. The van der Waals surface area contributed by atoms with Crippen LogP contribution in [-0.4, -0.2) is 13.0 Å². The van der Waals surface area contributed by atoms with Crippen molar-refractivity contribution >= 4 is 17.3 Å². The number of carbonyl (C=O) groups excluding carboxylic acids is 1. The van der Waals surface area contributed by atoms with Gasteiger partial charge in [0, 0.05) is 18.6 Å². The Bertz CT molecular complexity index is 641. The first-order valence-electron chi connectivity index (χ1n) is 6.63. The lowest BCUT2D eigenvalue weighted by molar-refractivity contribution is -0.115. The zero-order valence-electron chi connectivity index (χ0n) is 12.1. The normalized spacial score (nSPS) is 10.0. The van der Waals surface area contributed by atoms with Crippen LogP contribution in [0.3, 0.4) is 0 Å². The average molecular weight is 286 g/mol. The maximum absolute atomic E-state index is 11.5. The molecule has 110 valence electrons. The molecule has 5 nitrogen and oxygen atoms in total. The first-order chi connectivity index (χ1) is 10.1. The van der Waals surface area contributed by atoms with Gasteiger partial charge in [-0.1, -0.05) is 13.0 Å². The highest BCUT2D eigenvalue weighted by molar-refractivity contribution is 5.93. The van der Waals surface area contributed by atoms with Gasteiger partial charge in [0.2, 0.25) is 5.91 Å². The van der Waals surface area contributed by atoms with Crippen molar-refractivity contribution in [3.63, 3.8) is 0 Å². The Morgan fingerprint density at radius 3 is 2.57 bits per heavy atom. The lowest BCUT2D eigenvalue weighted by atomic mass is 10.2. The van der Waals surface area contributed by atoms with Crippen LogP contribution < -0.4 is 20.5 Å². The zero-order valence-corrected chi connectivity index (χ0v) is 12.1. The summed E-state index contributed by atoms with van der Waals surface area (Å²) in [7, 11) is 1.60. The van der Waals surface area contributed by atoms with E-state index in [1.54, 1.807) is 38.3 Å². The first-order valence-corrected chi connectivity index (χ1v) is 6.63. The number of carbonyl (C=O) groups is 1. The number of hydrogen-bond donors (Lipinski definition) is 2. The summed E-state index contributed by atoms with van der Waals surface area (Å²) in [4.78, 5) is 11.5. The molecule has 0 saturated heterocycles. The van der Waals surface area contributed by atoms with Crippen LogP contribution in [0.2, 0.25) is 0 Å². The van der Waals surface area contributed by atoms with E-state index >= 15 is 0 Å². The Kier molecular flexibility index (Phi) is 4.66. The maximum atomic E-state index is 11.5. The number of rotatable bonds is 5. The topological polar surface area (TPSA) is 73.6 Å². The molecular weight excluding hydrogens is 268 g/mol. The number of benzene rings is 2. The minimum atomic E-state index is -0.0970. The van der Waals surface area contributed by atoms with Crippen molar-refractivity contribution in [3.05, 3.63) is 42.5 Å². The second kappa shape index (κ2) is 6.65. The highest BCUT2D eigenvalue weighted by Crippen LogP contribution is 2.29. The molecule has 0 fully saturated rings. The third-order valence-electron chi connectivity index (χ3n) is 2.90. The third-order valence-corrected chi connectivity index (χ3v) is 2.90. The molecule has 1 amide bonds. The van der Waals surface area contributed by atoms with Crippen LogP contribution in [0.1, 0.15) is 13.3 Å². The Hall–Kier alpha value is -2.69. The molecule has 0 bridgehead atoms. The molecule has 0 radical (unpaired) electrons. The Morgan fingerprint density at radius 1 is 1.14 bits per heavy atom. The fraction of sp³-hybridized carbons (Fsp3) is 0.188. The van der Waals surface area contributed by atoms with E-state index < -0.39 is 0 Å². The van der Waals surface area contributed by atoms with Gasteiger partial charge in [-0.2, -0.15) is 0 Å². The summed E-state index contributed by atoms with van der Waals surface area (Å²) in [5, 5.41) is 2.74. The highest BCUT2D eigenvalue weighted by Gasteiger charge is 2.06. The molecule has 5 heteroatoms. The molecule has 0 aliphatic carbocycles. The number of methoxy groups -OCH3 is 1. The minimum absolute atomic E-state index is 0.0970. The predicted octanol–water partition coefficient (Wildman–Crippen LogP) is 3.42. The van der Waals surface area contributed by atoms with E-state index in [0.29, 0.717) is 35.0 Å². The van der Waals surface area contributed by atoms with E-state index in [4.69, 9.17) is 15.2 Å². The first kappa shape index (κ1) is 14.7. The van der Waals surface area contributed by atoms with E-state index in [0.717, 1.165) is 0 Å². The van der Waals surface area contributed by atoms with Crippen molar-refractivity contribution in [1.82, 2.24) is 0 Å². The summed E-state index contributed by atoms with van der Waals surface area (Å²) in [6, 6.07) is 12.4. The van der Waals surface area contributed by atoms with Crippen molar-refractivity contribution in [2.24, 2.45) is 0 Å². The fourth-order valence-electron chi connectivity index (χ4n) is 1.75. The van der Waals surface area contributed by atoms with Crippen molar-refractivity contribution in [2.75, 3.05) is 18.2 Å². The number of anilines is 2. The van der Waals surface area contributed by atoms with Crippen molar-refractivity contribution in [1.29, 1.82) is 0 Å². The largest absolute Gasteiger partial charge is 0.497 e. The summed E-state index contributed by atoms with van der Waals surface area (Å²) >= 11 is 0. The van der Waals surface area contributed by atoms with E-state index in [1.807, 2.05) is 18.2 Å². The standard InChI is InChI=1S/C16H18N2O3/c1-3-16(19)18-15-10-13(7-8-14(15)17)21-12-6-4-5-11(9-12)20-2/h4-10H,3,17H2,1-2H3,(H,18,19). The van der Waals surface area contributed by atoms with Gasteiger partial charge in [-0.05, 0) is 24.3 Å². The molecular formula is C16H18N2O3. The van der Waals surface area contributed by atoms with Crippen LogP contribution in [0.25, 0.3) is 0 Å². The van der Waals surface area contributed by atoms with Gasteiger partial charge in [-0.25, -0.2) is 0 Å². The van der Waals surface area contributed by atoms with E-state index in [-0.39, 0.29) is 5.91 Å². The molecule has 0 heterocycles. The van der Waals surface area contributed by atoms with Crippen molar-refractivity contribution in [3.8, 4) is 17.2 Å². The number of hydrogen-bond acceptors (Lipinski definition) is 4. The Balaban J connectivity index is 2.20. The number of nitrogens with one attached hydrogen (secondary N) is 1. The van der Waals surface area contributed by atoms with Crippen LogP contribution in [0.5, 0.6) is 17.2 Å². The van der Waals surface area contributed by atoms with Gasteiger partial charge >= 0.3 is 0 Å². The molecule has 0 spiro atoms. The lowest BCUT2D eigenvalue weighted by Crippen LogP contribution is -2.11. The van der Waals surface area contributed by atoms with Gasteiger partial charge in [0.15, 0.2) is 0 Å². The van der Waals surface area contributed by atoms with Gasteiger partial charge in [0.05, 0.1) is 18.5 Å². The highest BCUT2D eigenvalue weighted by atomic mass is 16.5. The van der Waals surface area contributed by atoms with Crippen molar-refractivity contribution < 1.29 is 14.3 Å². The molecule has 0 aliphatic heterocycles. The van der Waals surface area contributed by atoms with E-state index in [2.05, 4.69) is 5.32 Å². The molecule has 0 atom stereocenters. The molecule has 21 heavy (non-hydrogen) atoms. The fourth-order valence-corrected chi connectivity index (χ4v) is 1.75. The number of amides is 1. The van der Waals surface area contributed by atoms with Gasteiger partial charge in [-0.3, -0.25) is 4.79 Å². The minimum Gasteiger partial charge on any atom is -0.497 e. The van der Waals surface area contributed by atoms with Gasteiger partial charge < -0.3 is 20.5 Å². The Labute approximate surface area is 123 Å². The monoisotopic (exact) mass is 286 g/mol. The molecule has 2 aromatic carbocycles. The van der Waals surface area contributed by atoms with Crippen molar-refractivity contribution in [2.45, 2.75) is 13.3 Å². The summed E-state index contributed by atoms with van der Waals surface area (Å²) < 4.78 is 10.9. The molecule has 0 aliphatic rings. The average Bonchev–Trinajstić information content (AvgIpc) is 2.50. The van der Waals surface area contributed by atoms with Crippen LogP contribution in [0.4, 0.5) is 11.4 Å². The summed E-state index contributed by atoms with van der Waals surface area (Å²) in [6.45, 7) is 1.78. The van der Waals surface area contributed by atoms with E-state index in [9.17, 15) is 4.79 Å². The summed E-state index contributed by atoms with van der Waals surface area (Å²) in [5.74, 6) is 1.85. The molecule has 0 saturated carbocycles. The van der Waals surface area contributed by atoms with Gasteiger partial charge in [0.25, 0.3) is 0 Å². The predicted molar refractivity (Wildman–Crippen MR) is 82.8 cm³/mol. The molecule has 3 N–H and O–H groups in total. The second-order valence-electron chi connectivity index (χ2n) is 4.43. The molecule has 2 aromatic rings. The Morgan fingerprint density at radius 2 is 1.86 bits per heavy atom. The van der Waals surface area contributed by atoms with Crippen LogP contribution in [0.15, 0.2) is 42.5 Å². The lowest BCUT2D eigenvalue weighted by Gasteiger charge is -2.11. The SMILES string of the molecule is CCC(=O)Nc1cc(Oc2cccc(OC)c2)ccc1N. The molecule has 0 aromatic heterocycles. The van der Waals surface area contributed by atoms with Crippen LogP contribution >= 0.6 is 0 Å². The van der Waals surface area contributed by atoms with Gasteiger partial charge in [0.1, 0.15) is 17.2 Å². The van der Waals surface area contributed by atoms with Gasteiger partial charge in [-0.15, -0.1) is 0 Å². The summed E-state index contributed by atoms with van der Waals surface area (Å²) in [6.07, 6.45) is 0.389. The number of nitrogens with two attached hydrogens (primary N) is 1. The maximum Gasteiger partial charge on any atom is 0.224 e. The molecule has 2 rings (SSSR count). The summed E-state index contributed by atoms with van der Waals surface area (Å²) in [5.41, 5.74) is 6.88. The molecule has 0 unspecified atom stereocenters. The van der Waals surface area contributed by atoms with Crippen LogP contribution in [0, 0.1) is 0 Å². The number of ether oxygens (including phenoxy) is 2. The zero-order chi connectivity index (χ0) is 15.2. The quantitative estimate of drug-likeness (QED) is 0.826. The third kappa shape index (κ3) is 3.89. The second-order valence-corrected chi connectivity index (χ2v) is 4.43.